The molecule has 150 valence electrons. The minimum Gasteiger partial charge on any atom is -0.394 e. The Bertz CT molecular complexity index is 582. The normalized spacial score (nSPS) is 12.2. The van der Waals surface area contributed by atoms with Gasteiger partial charge in [-0.3, -0.25) is 4.72 Å². The fraction of sp³-hybridized carbons (Fsp3) is 0.571. The van der Waals surface area contributed by atoms with Crippen LogP contribution in [-0.4, -0.2) is 61.4 Å². The van der Waals surface area contributed by atoms with E-state index in [9.17, 15) is 17.6 Å². The van der Waals surface area contributed by atoms with Crippen molar-refractivity contribution in [3.8, 4) is 0 Å². The molecular weight excluding hydrogens is 396 g/mol. The highest BCUT2D eigenvalue weighted by atomic mass is 32.2. The third kappa shape index (κ3) is 6.76. The van der Waals surface area contributed by atoms with Crippen LogP contribution in [0.3, 0.4) is 0 Å². The van der Waals surface area contributed by atoms with Crippen molar-refractivity contribution in [1.29, 1.82) is 0 Å². The Labute approximate surface area is 158 Å². The van der Waals surface area contributed by atoms with E-state index in [1.807, 2.05) is 14.1 Å². The number of likely N-dealkylation sites (N-methyl/N-ethyl adjacent to an activating group) is 1. The highest BCUT2D eigenvalue weighted by Crippen LogP contribution is 2.31. The van der Waals surface area contributed by atoms with Gasteiger partial charge in [0.15, 0.2) is 23.3 Å². The Morgan fingerprint density at radius 3 is 2.23 bits per heavy atom. The number of benzene rings is 1. The Hall–Kier alpha value is -0.760. The zero-order chi connectivity index (χ0) is 19.9. The summed E-state index contributed by atoms with van der Waals surface area (Å²) in [6.07, 6.45) is 0.824. The van der Waals surface area contributed by atoms with Crippen LogP contribution >= 0.6 is 24.2 Å². The Morgan fingerprint density at radius 2 is 1.69 bits per heavy atom. The number of hydrogen-bond acceptors (Lipinski definition) is 7. The van der Waals surface area contributed by atoms with Gasteiger partial charge in [-0.25, -0.2) is 27.1 Å². The molecule has 0 aromatic heterocycles. The van der Waals surface area contributed by atoms with Gasteiger partial charge in [-0.05, 0) is 19.0 Å². The van der Waals surface area contributed by atoms with Gasteiger partial charge in [0.05, 0.1) is 33.7 Å². The molecule has 1 aromatic rings. The maximum absolute atomic E-state index is 13.7. The molecule has 0 bridgehead atoms. The van der Waals surface area contributed by atoms with E-state index in [4.69, 9.17) is 11.0 Å². The van der Waals surface area contributed by atoms with E-state index in [1.54, 1.807) is 11.4 Å². The Morgan fingerprint density at radius 1 is 1.12 bits per heavy atom. The number of halogens is 4. The molecule has 4 N–H and O–H groups in total. The predicted molar refractivity (Wildman–Crippen MR) is 94.9 cm³/mol. The van der Waals surface area contributed by atoms with E-state index in [1.165, 1.54) is 0 Å². The van der Waals surface area contributed by atoms with Gasteiger partial charge in [0.25, 0.3) is 0 Å². The number of quaternary nitrogens is 1. The quantitative estimate of drug-likeness (QED) is 0.0586. The third-order valence-corrected chi connectivity index (χ3v) is 5.06. The van der Waals surface area contributed by atoms with E-state index in [0.717, 1.165) is 25.2 Å². The van der Waals surface area contributed by atoms with E-state index in [-0.39, 0.29) is 0 Å². The maximum atomic E-state index is 13.7. The molecular formula is C14H23F4N4O2S2+. The van der Waals surface area contributed by atoms with Gasteiger partial charge >= 0.3 is 0 Å². The molecule has 0 aliphatic rings. The summed E-state index contributed by atoms with van der Waals surface area (Å²) < 4.78 is 63.2. The lowest BCUT2D eigenvalue weighted by molar-refractivity contribution is -0.889. The Kier molecular flexibility index (Phi) is 9.44. The van der Waals surface area contributed by atoms with Crippen LogP contribution in [0.15, 0.2) is 4.90 Å². The summed E-state index contributed by atoms with van der Waals surface area (Å²) >= 11 is 1.32. The summed E-state index contributed by atoms with van der Waals surface area (Å²) in [5.74, 6) is -6.23. The van der Waals surface area contributed by atoms with Crippen molar-refractivity contribution in [3.05, 3.63) is 23.3 Å². The molecule has 6 nitrogen and oxygen atoms in total. The first-order valence-corrected chi connectivity index (χ1v) is 9.14. The number of rotatable bonds is 11. The summed E-state index contributed by atoms with van der Waals surface area (Å²) in [7, 11) is 5.73. The number of anilines is 1. The van der Waals surface area contributed by atoms with Gasteiger partial charge in [-0.15, -0.1) is 4.33 Å². The highest BCUT2D eigenvalue weighted by Gasteiger charge is 2.24. The molecule has 0 aliphatic carbocycles. The number of hydrogen-bond donors (Lipinski definition) is 3. The summed E-state index contributed by atoms with van der Waals surface area (Å²) in [6, 6.07) is 0. The van der Waals surface area contributed by atoms with Crippen LogP contribution in [0.25, 0.3) is 0 Å². The molecule has 12 heteroatoms. The van der Waals surface area contributed by atoms with Gasteiger partial charge in [0, 0.05) is 13.0 Å². The van der Waals surface area contributed by atoms with Crippen molar-refractivity contribution < 1.29 is 31.6 Å². The van der Waals surface area contributed by atoms with Gasteiger partial charge in [0.1, 0.15) is 22.8 Å². The summed E-state index contributed by atoms with van der Waals surface area (Å²) in [4.78, 5) is -0.790. The molecule has 1 aromatic carbocycles. The zero-order valence-corrected chi connectivity index (χ0v) is 16.3. The first-order valence-electron chi connectivity index (χ1n) is 7.63. The molecule has 0 amide bonds. The standard InChI is InChI=1S/C14H22F4N4O2S2/c1-21(26-24-23)6-4-7-22(2,3)8-5-20-25-14-11(17)9(15)13(19)10(16)12(14)18/h20H,4-8,19H2,1-3H3/p+1. The fourth-order valence-electron chi connectivity index (χ4n) is 2.12. The first-order chi connectivity index (χ1) is 12.1. The minimum absolute atomic E-state index is 0.356. The summed E-state index contributed by atoms with van der Waals surface area (Å²) in [5.41, 5.74) is 3.79. The van der Waals surface area contributed by atoms with Gasteiger partial charge in [0.2, 0.25) is 0 Å². The van der Waals surface area contributed by atoms with Crippen LogP contribution in [0, 0.1) is 23.3 Å². The maximum Gasteiger partial charge on any atom is 0.186 e. The van der Waals surface area contributed by atoms with Crippen LogP contribution < -0.4 is 10.5 Å². The topological polar surface area (TPSA) is 70.8 Å². The van der Waals surface area contributed by atoms with Gasteiger partial charge in [-0.2, -0.15) is 0 Å². The van der Waals surface area contributed by atoms with E-state index >= 15 is 0 Å². The number of nitrogens with zero attached hydrogens (tertiary/aromatic N) is 2. The van der Waals surface area contributed by atoms with E-state index in [2.05, 4.69) is 9.06 Å². The van der Waals surface area contributed by atoms with Crippen molar-refractivity contribution in [2.45, 2.75) is 11.3 Å². The molecule has 0 fully saturated rings. The lowest BCUT2D eigenvalue weighted by Gasteiger charge is -2.30. The summed E-state index contributed by atoms with van der Waals surface area (Å²) in [5, 5.41) is 8.32. The second-order valence-corrected chi connectivity index (χ2v) is 8.05. The third-order valence-electron chi connectivity index (χ3n) is 3.65. The second-order valence-electron chi connectivity index (χ2n) is 6.23. The molecule has 0 unspecified atom stereocenters. The van der Waals surface area contributed by atoms with Crippen molar-refractivity contribution in [2.24, 2.45) is 0 Å². The van der Waals surface area contributed by atoms with Crippen molar-refractivity contribution >= 4 is 29.9 Å². The van der Waals surface area contributed by atoms with Crippen LogP contribution in [0.1, 0.15) is 6.42 Å². The molecule has 0 spiro atoms. The molecule has 1 rings (SSSR count). The SMILES string of the molecule is CN(CCC[N+](C)(C)CCNSc1c(F)c(F)c(N)c(F)c1F)SOO. The minimum atomic E-state index is -1.60. The average molecular weight is 419 g/mol. The average Bonchev–Trinajstić information content (AvgIpc) is 2.57. The van der Waals surface area contributed by atoms with Crippen LogP contribution in [0.2, 0.25) is 0 Å². The molecule has 0 radical (unpaired) electrons. The monoisotopic (exact) mass is 419 g/mol. The van der Waals surface area contributed by atoms with Gasteiger partial charge in [-0.1, -0.05) is 0 Å². The largest absolute Gasteiger partial charge is 0.394 e. The fourth-order valence-corrected chi connectivity index (χ4v) is 3.13. The Balaban J connectivity index is 2.47. The number of nitrogens with two attached hydrogens (primary N) is 1. The first kappa shape index (κ1) is 23.3. The summed E-state index contributed by atoms with van der Waals surface area (Å²) in [6.45, 7) is 2.46. The molecule has 0 aliphatic heterocycles. The number of nitrogen functional groups attached to an aromatic ring is 1. The van der Waals surface area contributed by atoms with Crippen LogP contribution in [0.5, 0.6) is 0 Å². The zero-order valence-electron chi connectivity index (χ0n) is 14.7. The van der Waals surface area contributed by atoms with Crippen LogP contribution in [0.4, 0.5) is 23.2 Å². The van der Waals surface area contributed by atoms with Crippen LogP contribution in [-0.2, 0) is 4.33 Å². The van der Waals surface area contributed by atoms with Crippen molar-refractivity contribution in [2.75, 3.05) is 53.1 Å². The van der Waals surface area contributed by atoms with E-state index in [0.29, 0.717) is 36.1 Å². The van der Waals surface area contributed by atoms with Crippen molar-refractivity contribution in [1.82, 2.24) is 9.03 Å². The molecule has 0 saturated carbocycles. The second kappa shape index (κ2) is 10.5. The molecule has 26 heavy (non-hydrogen) atoms. The molecule has 0 heterocycles. The van der Waals surface area contributed by atoms with Crippen molar-refractivity contribution in [3.63, 3.8) is 0 Å². The lowest BCUT2D eigenvalue weighted by atomic mass is 10.2. The predicted octanol–water partition coefficient (Wildman–Crippen LogP) is 2.87. The highest BCUT2D eigenvalue weighted by molar-refractivity contribution is 7.97. The number of nitrogens with one attached hydrogen (secondary N) is 1. The molecule has 0 saturated heterocycles. The molecule has 0 atom stereocenters. The van der Waals surface area contributed by atoms with E-state index < -0.39 is 33.9 Å². The lowest BCUT2D eigenvalue weighted by Crippen LogP contribution is -2.45. The van der Waals surface area contributed by atoms with Gasteiger partial charge < -0.3 is 10.2 Å². The smallest absolute Gasteiger partial charge is 0.186 e.